The average Bonchev–Trinajstić information content (AvgIpc) is 2.82. The first-order valence-electron chi connectivity index (χ1n) is 9.95. The Morgan fingerprint density at radius 1 is 0.848 bits per heavy atom. The van der Waals surface area contributed by atoms with Crippen molar-refractivity contribution in [3.05, 3.63) is 59.7 Å². The molecule has 0 aliphatic carbocycles. The van der Waals surface area contributed by atoms with Gasteiger partial charge in [0.25, 0.3) is 11.8 Å². The van der Waals surface area contributed by atoms with E-state index in [2.05, 4.69) is 16.2 Å². The van der Waals surface area contributed by atoms with Crippen molar-refractivity contribution in [3.63, 3.8) is 0 Å². The molecule has 2 aromatic rings. The van der Waals surface area contributed by atoms with Crippen molar-refractivity contribution in [1.29, 1.82) is 0 Å². The fraction of sp³-hybridized carbons (Fsp3) is 0.273. The van der Waals surface area contributed by atoms with E-state index in [9.17, 15) is 14.4 Å². The summed E-state index contributed by atoms with van der Waals surface area (Å²) >= 11 is 5.00. The Hall–Kier alpha value is -3.70. The molecule has 2 amide bonds. The highest BCUT2D eigenvalue weighted by atomic mass is 32.1. The van der Waals surface area contributed by atoms with E-state index in [0.29, 0.717) is 35.8 Å². The molecule has 0 saturated heterocycles. The number of thiocarbonyl (C=S) groups is 1. The molecule has 0 aliphatic rings. The lowest BCUT2D eigenvalue weighted by atomic mass is 10.2. The van der Waals surface area contributed by atoms with Crippen LogP contribution in [0.25, 0.3) is 0 Å². The van der Waals surface area contributed by atoms with Gasteiger partial charge in [-0.3, -0.25) is 25.8 Å². The van der Waals surface area contributed by atoms with E-state index in [0.717, 1.165) is 0 Å². The number of carbonyl (C=O) groups excluding carboxylic acids is 3. The molecule has 0 aromatic heterocycles. The highest BCUT2D eigenvalue weighted by molar-refractivity contribution is 7.80. The minimum atomic E-state index is -0.529. The SMILES string of the molecule is CCOC(=O)c1ccc(OCC(=O)NNC(=S)NC(=O)c2ccc(OCCOC)cc2)cc1. The van der Waals surface area contributed by atoms with Gasteiger partial charge in [-0.2, -0.15) is 0 Å². The number of nitrogens with one attached hydrogen (secondary N) is 3. The van der Waals surface area contributed by atoms with Crippen molar-refractivity contribution in [2.75, 3.05) is 33.5 Å². The number of hydrogen-bond acceptors (Lipinski definition) is 8. The first-order valence-corrected chi connectivity index (χ1v) is 10.4. The number of esters is 1. The molecule has 0 saturated carbocycles. The minimum Gasteiger partial charge on any atom is -0.491 e. The van der Waals surface area contributed by atoms with Crippen molar-refractivity contribution >= 4 is 35.1 Å². The zero-order valence-corrected chi connectivity index (χ0v) is 19.0. The summed E-state index contributed by atoms with van der Waals surface area (Å²) in [6.07, 6.45) is 0. The maximum absolute atomic E-state index is 12.2. The molecule has 0 radical (unpaired) electrons. The van der Waals surface area contributed by atoms with Gasteiger partial charge in [0.1, 0.15) is 18.1 Å². The third kappa shape index (κ3) is 9.13. The maximum Gasteiger partial charge on any atom is 0.338 e. The van der Waals surface area contributed by atoms with Crippen LogP contribution in [0.1, 0.15) is 27.6 Å². The molecule has 176 valence electrons. The molecule has 2 rings (SSSR count). The normalized spacial score (nSPS) is 10.0. The largest absolute Gasteiger partial charge is 0.491 e. The van der Waals surface area contributed by atoms with Crippen LogP contribution >= 0.6 is 12.2 Å². The van der Waals surface area contributed by atoms with Gasteiger partial charge in [0.2, 0.25) is 0 Å². The fourth-order valence-electron chi connectivity index (χ4n) is 2.37. The summed E-state index contributed by atoms with van der Waals surface area (Å²) in [6, 6.07) is 12.6. The van der Waals surface area contributed by atoms with Crippen LogP contribution < -0.4 is 25.6 Å². The van der Waals surface area contributed by atoms with Crippen LogP contribution in [0.3, 0.4) is 0 Å². The van der Waals surface area contributed by atoms with Gasteiger partial charge in [0.15, 0.2) is 11.7 Å². The molecule has 3 N–H and O–H groups in total. The zero-order chi connectivity index (χ0) is 24.1. The second kappa shape index (κ2) is 13.7. The maximum atomic E-state index is 12.2. The number of ether oxygens (including phenoxy) is 4. The summed E-state index contributed by atoms with van der Waals surface area (Å²) in [5.41, 5.74) is 5.48. The quantitative estimate of drug-likeness (QED) is 0.203. The summed E-state index contributed by atoms with van der Waals surface area (Å²) in [4.78, 5) is 35.8. The Morgan fingerprint density at radius 2 is 1.45 bits per heavy atom. The minimum absolute atomic E-state index is 0.0902. The van der Waals surface area contributed by atoms with Crippen molar-refractivity contribution in [2.24, 2.45) is 0 Å². The van der Waals surface area contributed by atoms with Crippen molar-refractivity contribution in [2.45, 2.75) is 6.92 Å². The predicted octanol–water partition coefficient (Wildman–Crippen LogP) is 1.60. The molecule has 33 heavy (non-hydrogen) atoms. The number of benzene rings is 2. The number of amides is 2. The van der Waals surface area contributed by atoms with Gasteiger partial charge in [0.05, 0.1) is 18.8 Å². The summed E-state index contributed by atoms with van der Waals surface area (Å²) in [5, 5.41) is 2.36. The van der Waals surface area contributed by atoms with E-state index in [1.807, 2.05) is 0 Å². The average molecular weight is 476 g/mol. The van der Waals surface area contributed by atoms with Gasteiger partial charge in [-0.1, -0.05) is 0 Å². The van der Waals surface area contributed by atoms with Gasteiger partial charge in [-0.25, -0.2) is 4.79 Å². The van der Waals surface area contributed by atoms with Crippen LogP contribution in [0, 0.1) is 0 Å². The van der Waals surface area contributed by atoms with Crippen LogP contribution in [0.2, 0.25) is 0 Å². The lowest BCUT2D eigenvalue weighted by Gasteiger charge is -2.12. The first-order chi connectivity index (χ1) is 15.9. The van der Waals surface area contributed by atoms with E-state index in [1.54, 1.807) is 50.4 Å². The first kappa shape index (κ1) is 25.6. The Kier molecular flexibility index (Phi) is 10.6. The highest BCUT2D eigenvalue weighted by Gasteiger charge is 2.10. The third-order valence-electron chi connectivity index (χ3n) is 3.95. The molecular formula is C22H25N3O7S. The number of hydrogen-bond donors (Lipinski definition) is 3. The molecule has 0 unspecified atom stereocenters. The molecule has 0 heterocycles. The van der Waals surface area contributed by atoms with Gasteiger partial charge in [-0.15, -0.1) is 0 Å². The fourth-order valence-corrected chi connectivity index (χ4v) is 2.51. The molecule has 11 heteroatoms. The topological polar surface area (TPSA) is 124 Å². The van der Waals surface area contributed by atoms with Crippen LogP contribution in [0.5, 0.6) is 11.5 Å². The van der Waals surface area contributed by atoms with Gasteiger partial charge in [-0.05, 0) is 67.7 Å². The molecule has 0 atom stereocenters. The Morgan fingerprint density at radius 3 is 2.06 bits per heavy atom. The van der Waals surface area contributed by atoms with Crippen LogP contribution in [0.15, 0.2) is 48.5 Å². The molecule has 10 nitrogen and oxygen atoms in total. The van der Waals surface area contributed by atoms with E-state index < -0.39 is 17.8 Å². The van der Waals surface area contributed by atoms with Gasteiger partial charge < -0.3 is 18.9 Å². The van der Waals surface area contributed by atoms with Crippen LogP contribution in [0.4, 0.5) is 0 Å². The van der Waals surface area contributed by atoms with Crippen molar-refractivity contribution in [3.8, 4) is 11.5 Å². The predicted molar refractivity (Wildman–Crippen MR) is 123 cm³/mol. The smallest absolute Gasteiger partial charge is 0.338 e. The molecule has 0 bridgehead atoms. The number of methoxy groups -OCH3 is 1. The van der Waals surface area contributed by atoms with E-state index in [1.165, 1.54) is 12.1 Å². The van der Waals surface area contributed by atoms with Gasteiger partial charge in [0, 0.05) is 12.7 Å². The molecule has 0 fully saturated rings. The zero-order valence-electron chi connectivity index (χ0n) is 18.2. The van der Waals surface area contributed by atoms with Crippen LogP contribution in [-0.2, 0) is 14.3 Å². The Bertz CT molecular complexity index is 949. The number of rotatable bonds is 10. The second-order valence-electron chi connectivity index (χ2n) is 6.36. The second-order valence-corrected chi connectivity index (χ2v) is 6.76. The van der Waals surface area contributed by atoms with E-state index >= 15 is 0 Å². The summed E-state index contributed by atoms with van der Waals surface area (Å²) in [6.45, 7) is 2.55. The summed E-state index contributed by atoms with van der Waals surface area (Å²) < 4.78 is 20.6. The molecular weight excluding hydrogens is 450 g/mol. The molecule has 0 spiro atoms. The summed E-state index contributed by atoms with van der Waals surface area (Å²) in [5.74, 6) is -0.425. The number of carbonyl (C=O) groups is 3. The van der Waals surface area contributed by atoms with Crippen molar-refractivity contribution in [1.82, 2.24) is 16.2 Å². The summed E-state index contributed by atoms with van der Waals surface area (Å²) in [7, 11) is 1.58. The van der Waals surface area contributed by atoms with E-state index in [-0.39, 0.29) is 18.3 Å². The molecule has 2 aromatic carbocycles. The number of hydrazine groups is 1. The monoisotopic (exact) mass is 475 g/mol. The third-order valence-corrected chi connectivity index (χ3v) is 4.15. The van der Waals surface area contributed by atoms with E-state index in [4.69, 9.17) is 31.2 Å². The lowest BCUT2D eigenvalue weighted by molar-refractivity contribution is -0.123. The Labute approximate surface area is 196 Å². The van der Waals surface area contributed by atoms with Gasteiger partial charge >= 0.3 is 5.97 Å². The Balaban J connectivity index is 1.70. The molecule has 0 aliphatic heterocycles. The highest BCUT2D eigenvalue weighted by Crippen LogP contribution is 2.13. The van der Waals surface area contributed by atoms with Crippen LogP contribution in [-0.4, -0.2) is 56.4 Å². The standard InChI is InChI=1S/C22H25N3O7S/c1-3-30-21(28)16-6-10-18(11-7-16)32-14-19(26)24-25-22(33)23-20(27)15-4-8-17(9-5-15)31-13-12-29-2/h4-11H,3,12-14H2,1-2H3,(H,24,26)(H2,23,25,27,33). The lowest BCUT2D eigenvalue weighted by Crippen LogP contribution is -2.49. The van der Waals surface area contributed by atoms with Crippen molar-refractivity contribution < 1.29 is 33.3 Å².